The van der Waals surface area contributed by atoms with Crippen LogP contribution < -0.4 is 10.6 Å². The maximum atomic E-state index is 12.5. The fraction of sp³-hybridized carbons (Fsp3) is 0.458. The number of rotatable bonds is 8. The van der Waals surface area contributed by atoms with Crippen LogP contribution in [0.5, 0.6) is 0 Å². The van der Waals surface area contributed by atoms with Crippen molar-refractivity contribution in [3.8, 4) is 11.3 Å². The normalized spacial score (nSPS) is 15.4. The van der Waals surface area contributed by atoms with Gasteiger partial charge in [-0.05, 0) is 43.9 Å². The molecule has 1 amide bonds. The van der Waals surface area contributed by atoms with E-state index < -0.39 is 0 Å². The Morgan fingerprint density at radius 3 is 2.81 bits per heavy atom. The summed E-state index contributed by atoms with van der Waals surface area (Å²) >= 11 is 0. The smallest absolute Gasteiger partial charge is 0.296 e. The molecule has 7 nitrogen and oxygen atoms in total. The minimum absolute atomic E-state index is 0.345. The molecule has 4 rings (SSSR count). The predicted molar refractivity (Wildman–Crippen MR) is 127 cm³/mol. The number of amides is 1. The molecule has 1 aliphatic rings. The number of nitrogens with two attached hydrogens (primary N) is 1. The number of benzene rings is 1. The van der Waals surface area contributed by atoms with Crippen molar-refractivity contribution in [2.24, 2.45) is 10.7 Å². The molecule has 31 heavy (non-hydrogen) atoms. The third-order valence-corrected chi connectivity index (χ3v) is 6.29. The van der Waals surface area contributed by atoms with Gasteiger partial charge in [0.05, 0.1) is 29.4 Å². The Balaban J connectivity index is 1.70. The number of unbranched alkanes of at least 4 members (excludes halogenated alkanes) is 1. The average molecular weight is 421 g/mol. The fourth-order valence-corrected chi connectivity index (χ4v) is 4.57. The Hall–Kier alpha value is -3.09. The van der Waals surface area contributed by atoms with E-state index >= 15 is 0 Å². The SMILES string of the molecule is CCCCC(CC)n1cnc2cc(-c3cc(N4CCCC4)c(C(=O)N=CN)[nH]3)ccc21. The van der Waals surface area contributed by atoms with Crippen LogP contribution in [0, 0.1) is 0 Å². The van der Waals surface area contributed by atoms with Crippen molar-refractivity contribution >= 4 is 29.0 Å². The Bertz CT molecular complexity index is 1070. The van der Waals surface area contributed by atoms with Gasteiger partial charge in [-0.3, -0.25) is 4.79 Å². The molecule has 1 unspecified atom stereocenters. The van der Waals surface area contributed by atoms with Gasteiger partial charge in [-0.15, -0.1) is 0 Å². The van der Waals surface area contributed by atoms with Crippen LogP contribution in [0.15, 0.2) is 35.6 Å². The Morgan fingerprint density at radius 1 is 1.29 bits per heavy atom. The summed E-state index contributed by atoms with van der Waals surface area (Å²) in [6, 6.07) is 8.87. The van der Waals surface area contributed by atoms with Gasteiger partial charge in [0.15, 0.2) is 0 Å². The van der Waals surface area contributed by atoms with E-state index in [1.807, 2.05) is 6.33 Å². The number of fused-ring (bicyclic) bond motifs is 1. The van der Waals surface area contributed by atoms with E-state index in [0.717, 1.165) is 66.7 Å². The lowest BCUT2D eigenvalue weighted by Crippen LogP contribution is -2.19. The van der Waals surface area contributed by atoms with E-state index in [1.165, 1.54) is 19.3 Å². The number of anilines is 1. The van der Waals surface area contributed by atoms with Crippen molar-refractivity contribution in [3.63, 3.8) is 0 Å². The van der Waals surface area contributed by atoms with Gasteiger partial charge in [-0.2, -0.15) is 4.99 Å². The molecule has 3 heterocycles. The van der Waals surface area contributed by atoms with Crippen LogP contribution in [0.1, 0.15) is 68.9 Å². The summed E-state index contributed by atoms with van der Waals surface area (Å²) in [7, 11) is 0. The van der Waals surface area contributed by atoms with Gasteiger partial charge in [0.25, 0.3) is 5.91 Å². The van der Waals surface area contributed by atoms with Gasteiger partial charge in [0.2, 0.25) is 0 Å². The topological polar surface area (TPSA) is 92.3 Å². The molecule has 0 radical (unpaired) electrons. The first-order chi connectivity index (χ1) is 15.2. The first-order valence-corrected chi connectivity index (χ1v) is 11.4. The number of nitrogens with zero attached hydrogens (tertiary/aromatic N) is 4. The van der Waals surface area contributed by atoms with Crippen LogP contribution in [-0.2, 0) is 0 Å². The summed E-state index contributed by atoms with van der Waals surface area (Å²) in [5.74, 6) is -0.345. The summed E-state index contributed by atoms with van der Waals surface area (Å²) < 4.78 is 2.31. The lowest BCUT2D eigenvalue weighted by Gasteiger charge is -2.17. The maximum absolute atomic E-state index is 12.5. The molecule has 164 valence electrons. The summed E-state index contributed by atoms with van der Waals surface area (Å²) in [6.45, 7) is 6.37. The number of aromatic nitrogens is 3. The minimum Gasteiger partial charge on any atom is -0.390 e. The first kappa shape index (κ1) is 21.2. The molecule has 1 atom stereocenters. The Morgan fingerprint density at radius 2 is 2.10 bits per heavy atom. The van der Waals surface area contributed by atoms with E-state index in [1.54, 1.807) is 0 Å². The lowest BCUT2D eigenvalue weighted by molar-refractivity contribution is 0.1000. The number of hydrogen-bond donors (Lipinski definition) is 2. The quantitative estimate of drug-likeness (QED) is 0.400. The van der Waals surface area contributed by atoms with Gasteiger partial charge in [-0.25, -0.2) is 4.98 Å². The molecule has 0 saturated carbocycles. The number of carbonyl (C=O) groups excluding carboxylic acids is 1. The van der Waals surface area contributed by atoms with Crippen molar-refractivity contribution in [2.75, 3.05) is 18.0 Å². The average Bonchev–Trinajstić information content (AvgIpc) is 3.53. The van der Waals surface area contributed by atoms with Crippen LogP contribution in [0.2, 0.25) is 0 Å². The molecule has 1 fully saturated rings. The summed E-state index contributed by atoms with van der Waals surface area (Å²) in [6.07, 6.45) is 9.97. The van der Waals surface area contributed by atoms with E-state index in [-0.39, 0.29) is 5.91 Å². The first-order valence-electron chi connectivity index (χ1n) is 11.4. The van der Waals surface area contributed by atoms with Crippen LogP contribution in [-0.4, -0.2) is 39.9 Å². The predicted octanol–water partition coefficient (Wildman–Crippen LogP) is 4.90. The third kappa shape index (κ3) is 4.22. The molecule has 0 spiro atoms. The number of imidazole rings is 1. The molecule has 2 aromatic heterocycles. The molecule has 0 bridgehead atoms. The molecule has 7 heteroatoms. The summed E-state index contributed by atoms with van der Waals surface area (Å²) in [5.41, 5.74) is 10.8. The number of aliphatic imine (C=N–C) groups is 1. The second kappa shape index (κ2) is 9.37. The summed E-state index contributed by atoms with van der Waals surface area (Å²) in [5, 5.41) is 0. The zero-order chi connectivity index (χ0) is 21.8. The molecule has 0 aliphatic carbocycles. The summed E-state index contributed by atoms with van der Waals surface area (Å²) in [4.78, 5) is 26.5. The van der Waals surface area contributed by atoms with Crippen LogP contribution in [0.4, 0.5) is 5.69 Å². The largest absolute Gasteiger partial charge is 0.390 e. The van der Waals surface area contributed by atoms with E-state index in [9.17, 15) is 4.79 Å². The van der Waals surface area contributed by atoms with Gasteiger partial charge < -0.3 is 20.2 Å². The van der Waals surface area contributed by atoms with Crippen molar-refractivity contribution in [2.45, 2.75) is 58.4 Å². The number of nitrogens with one attached hydrogen (secondary N) is 1. The second-order valence-corrected chi connectivity index (χ2v) is 8.28. The van der Waals surface area contributed by atoms with Crippen LogP contribution in [0.3, 0.4) is 0 Å². The van der Waals surface area contributed by atoms with Gasteiger partial charge in [0, 0.05) is 30.4 Å². The number of carbonyl (C=O) groups is 1. The molecular formula is C24H32N6O. The van der Waals surface area contributed by atoms with Crippen LogP contribution >= 0.6 is 0 Å². The minimum atomic E-state index is -0.345. The third-order valence-electron chi connectivity index (χ3n) is 6.29. The lowest BCUT2D eigenvalue weighted by atomic mass is 10.1. The molecule has 1 aromatic carbocycles. The zero-order valence-corrected chi connectivity index (χ0v) is 18.5. The van der Waals surface area contributed by atoms with Crippen molar-refractivity contribution in [1.29, 1.82) is 0 Å². The zero-order valence-electron chi connectivity index (χ0n) is 18.5. The van der Waals surface area contributed by atoms with E-state index in [4.69, 9.17) is 5.73 Å². The highest BCUT2D eigenvalue weighted by Crippen LogP contribution is 2.33. The van der Waals surface area contributed by atoms with E-state index in [2.05, 4.69) is 62.5 Å². The molecule has 3 N–H and O–H groups in total. The highest BCUT2D eigenvalue weighted by Gasteiger charge is 2.23. The van der Waals surface area contributed by atoms with Crippen molar-refractivity contribution < 1.29 is 4.79 Å². The highest BCUT2D eigenvalue weighted by atomic mass is 16.1. The molecule has 1 saturated heterocycles. The fourth-order valence-electron chi connectivity index (χ4n) is 4.57. The van der Waals surface area contributed by atoms with Gasteiger partial charge in [-0.1, -0.05) is 32.8 Å². The highest BCUT2D eigenvalue weighted by molar-refractivity contribution is 6.03. The monoisotopic (exact) mass is 420 g/mol. The Labute approximate surface area is 183 Å². The Kier molecular flexibility index (Phi) is 6.39. The molecular weight excluding hydrogens is 388 g/mol. The van der Waals surface area contributed by atoms with Crippen LogP contribution in [0.25, 0.3) is 22.3 Å². The second-order valence-electron chi connectivity index (χ2n) is 8.28. The van der Waals surface area contributed by atoms with Gasteiger partial charge >= 0.3 is 0 Å². The molecule has 3 aromatic rings. The van der Waals surface area contributed by atoms with E-state index in [0.29, 0.717) is 11.7 Å². The number of aromatic amines is 1. The molecule has 1 aliphatic heterocycles. The van der Waals surface area contributed by atoms with Crippen molar-refractivity contribution in [3.05, 3.63) is 36.3 Å². The number of hydrogen-bond acceptors (Lipinski definition) is 3. The maximum Gasteiger partial charge on any atom is 0.296 e. The van der Waals surface area contributed by atoms with Crippen molar-refractivity contribution in [1.82, 2.24) is 14.5 Å². The van der Waals surface area contributed by atoms with Gasteiger partial charge in [0.1, 0.15) is 5.69 Å². The number of H-pyrrole nitrogens is 1. The standard InChI is InChI=1S/C24H32N6O/c1-3-5-8-18(4-2)30-16-27-20-13-17(9-10-21(20)30)19-14-22(29-11-6-7-12-29)23(28-19)24(31)26-15-25/h9-10,13-16,18,28H,3-8,11-12H2,1-2H3,(H2,25,26,31).